The van der Waals surface area contributed by atoms with Crippen LogP contribution < -0.4 is 4.74 Å². The average molecular weight is 267 g/mol. The topological polar surface area (TPSA) is 29.5 Å². The van der Waals surface area contributed by atoms with E-state index in [1.807, 2.05) is 0 Å². The minimum absolute atomic E-state index is 0.341. The van der Waals surface area contributed by atoms with Gasteiger partial charge in [-0.05, 0) is 29.8 Å². The largest absolute Gasteiger partial charge is 0.497 e. The predicted molar refractivity (Wildman–Crippen MR) is 68.5 cm³/mol. The van der Waals surface area contributed by atoms with E-state index in [9.17, 15) is 9.50 Å². The third-order valence-corrected chi connectivity index (χ3v) is 3.02. The second kappa shape index (κ2) is 5.38. The van der Waals surface area contributed by atoms with Crippen molar-refractivity contribution in [3.05, 3.63) is 64.4 Å². The number of aliphatic hydroxyl groups is 1. The Morgan fingerprint density at radius 3 is 2.39 bits per heavy atom. The Morgan fingerprint density at radius 1 is 1.17 bits per heavy atom. The van der Waals surface area contributed by atoms with Crippen molar-refractivity contribution in [3.8, 4) is 5.75 Å². The van der Waals surface area contributed by atoms with Crippen LogP contribution in [0, 0.1) is 5.82 Å². The molecule has 2 nitrogen and oxygen atoms in total. The van der Waals surface area contributed by atoms with Crippen molar-refractivity contribution in [1.82, 2.24) is 0 Å². The lowest BCUT2D eigenvalue weighted by Crippen LogP contribution is -2.00. The van der Waals surface area contributed by atoms with Gasteiger partial charge in [0.15, 0.2) is 0 Å². The number of hydrogen-bond acceptors (Lipinski definition) is 2. The van der Waals surface area contributed by atoms with Crippen molar-refractivity contribution >= 4 is 11.6 Å². The van der Waals surface area contributed by atoms with Crippen LogP contribution in [0.3, 0.4) is 0 Å². The van der Waals surface area contributed by atoms with Gasteiger partial charge >= 0.3 is 0 Å². The summed E-state index contributed by atoms with van der Waals surface area (Å²) >= 11 is 6.07. The maximum absolute atomic E-state index is 12.8. The van der Waals surface area contributed by atoms with Crippen LogP contribution in [0.5, 0.6) is 5.75 Å². The van der Waals surface area contributed by atoms with E-state index >= 15 is 0 Å². The van der Waals surface area contributed by atoms with Gasteiger partial charge in [-0.15, -0.1) is 0 Å². The highest BCUT2D eigenvalue weighted by atomic mass is 35.5. The maximum atomic E-state index is 12.8. The van der Waals surface area contributed by atoms with Gasteiger partial charge in [-0.1, -0.05) is 29.8 Å². The number of hydrogen-bond donors (Lipinski definition) is 1. The quantitative estimate of drug-likeness (QED) is 0.920. The number of ether oxygens (including phenoxy) is 1. The molecule has 4 heteroatoms. The normalized spacial score (nSPS) is 12.2. The molecule has 0 bridgehead atoms. The summed E-state index contributed by atoms with van der Waals surface area (Å²) in [6, 6.07) is 10.7. The number of rotatable bonds is 3. The van der Waals surface area contributed by atoms with Crippen LogP contribution in [0.4, 0.5) is 4.39 Å². The fourth-order valence-corrected chi connectivity index (χ4v) is 1.96. The summed E-state index contributed by atoms with van der Waals surface area (Å²) in [6.45, 7) is 0. The zero-order valence-electron chi connectivity index (χ0n) is 9.73. The highest BCUT2D eigenvalue weighted by Crippen LogP contribution is 2.31. The Morgan fingerprint density at radius 2 is 1.83 bits per heavy atom. The van der Waals surface area contributed by atoms with Gasteiger partial charge in [0.05, 0.1) is 12.1 Å². The Labute approximate surface area is 110 Å². The molecule has 0 aromatic heterocycles. The van der Waals surface area contributed by atoms with Gasteiger partial charge in [0.25, 0.3) is 0 Å². The minimum Gasteiger partial charge on any atom is -0.497 e. The molecule has 94 valence electrons. The first-order valence-electron chi connectivity index (χ1n) is 5.39. The summed E-state index contributed by atoms with van der Waals surface area (Å²) in [5.74, 6) is 0.279. The Balaban J connectivity index is 2.33. The first kappa shape index (κ1) is 12.9. The van der Waals surface area contributed by atoms with Crippen molar-refractivity contribution in [2.75, 3.05) is 7.11 Å². The molecule has 0 fully saturated rings. The lowest BCUT2D eigenvalue weighted by atomic mass is 10.0. The molecule has 0 saturated carbocycles. The molecule has 1 N–H and O–H groups in total. The van der Waals surface area contributed by atoms with Crippen LogP contribution in [-0.4, -0.2) is 12.2 Å². The number of aliphatic hydroxyl groups excluding tert-OH is 1. The smallest absolute Gasteiger partial charge is 0.123 e. The van der Waals surface area contributed by atoms with Crippen LogP contribution in [0.1, 0.15) is 17.2 Å². The number of benzene rings is 2. The SMILES string of the molecule is COc1ccc(C(O)c2ccc(F)cc2)c(Cl)c1. The second-order valence-electron chi connectivity index (χ2n) is 3.84. The van der Waals surface area contributed by atoms with Gasteiger partial charge in [0, 0.05) is 5.56 Å². The van der Waals surface area contributed by atoms with Gasteiger partial charge in [0.2, 0.25) is 0 Å². The van der Waals surface area contributed by atoms with Gasteiger partial charge in [0.1, 0.15) is 17.7 Å². The number of halogens is 2. The molecule has 2 rings (SSSR count). The molecule has 0 aliphatic heterocycles. The van der Waals surface area contributed by atoms with Crippen LogP contribution in [0.15, 0.2) is 42.5 Å². The highest BCUT2D eigenvalue weighted by molar-refractivity contribution is 6.31. The van der Waals surface area contributed by atoms with Crippen molar-refractivity contribution in [1.29, 1.82) is 0 Å². The summed E-state index contributed by atoms with van der Waals surface area (Å²) in [5.41, 5.74) is 1.15. The lowest BCUT2D eigenvalue weighted by molar-refractivity contribution is 0.220. The van der Waals surface area contributed by atoms with E-state index in [2.05, 4.69) is 0 Å². The molecule has 0 spiro atoms. The van der Waals surface area contributed by atoms with Crippen LogP contribution in [0.2, 0.25) is 5.02 Å². The summed E-state index contributed by atoms with van der Waals surface area (Å²) < 4.78 is 17.8. The Bertz CT molecular complexity index is 540. The maximum Gasteiger partial charge on any atom is 0.123 e. The highest BCUT2D eigenvalue weighted by Gasteiger charge is 2.14. The average Bonchev–Trinajstić information content (AvgIpc) is 2.38. The molecule has 0 heterocycles. The molecule has 0 radical (unpaired) electrons. The van der Waals surface area contributed by atoms with Gasteiger partial charge in [-0.2, -0.15) is 0 Å². The molecule has 1 unspecified atom stereocenters. The molecular weight excluding hydrogens is 255 g/mol. The van der Waals surface area contributed by atoms with E-state index in [-0.39, 0.29) is 5.82 Å². The Hall–Kier alpha value is -1.58. The lowest BCUT2D eigenvalue weighted by Gasteiger charge is -2.14. The van der Waals surface area contributed by atoms with Crippen LogP contribution in [-0.2, 0) is 0 Å². The van der Waals surface area contributed by atoms with Gasteiger partial charge in [-0.25, -0.2) is 4.39 Å². The molecule has 0 aliphatic rings. The zero-order chi connectivity index (χ0) is 13.1. The van der Waals surface area contributed by atoms with E-state index in [4.69, 9.17) is 16.3 Å². The zero-order valence-corrected chi connectivity index (χ0v) is 10.5. The fraction of sp³-hybridized carbons (Fsp3) is 0.143. The predicted octanol–water partition coefficient (Wildman–Crippen LogP) is 3.57. The minimum atomic E-state index is -0.885. The third kappa shape index (κ3) is 2.63. The van der Waals surface area contributed by atoms with Gasteiger partial charge in [-0.3, -0.25) is 0 Å². The van der Waals surface area contributed by atoms with Crippen LogP contribution in [0.25, 0.3) is 0 Å². The first-order valence-corrected chi connectivity index (χ1v) is 5.76. The van der Waals surface area contributed by atoms with E-state index in [0.717, 1.165) is 0 Å². The van der Waals surface area contributed by atoms with Crippen molar-refractivity contribution in [2.24, 2.45) is 0 Å². The Kier molecular flexibility index (Phi) is 3.84. The van der Waals surface area contributed by atoms with Crippen molar-refractivity contribution < 1.29 is 14.2 Å². The summed E-state index contributed by atoms with van der Waals surface area (Å²) in [7, 11) is 1.54. The van der Waals surface area contributed by atoms with Crippen LogP contribution >= 0.6 is 11.6 Å². The fourth-order valence-electron chi connectivity index (χ4n) is 1.68. The standard InChI is InChI=1S/C14H12ClFO2/c1-18-11-6-7-12(13(15)8-11)14(17)9-2-4-10(16)5-3-9/h2-8,14,17H,1H3. The second-order valence-corrected chi connectivity index (χ2v) is 4.25. The molecule has 1 atom stereocenters. The van der Waals surface area contributed by atoms with Gasteiger partial charge < -0.3 is 9.84 Å². The van der Waals surface area contributed by atoms with E-state index in [1.54, 1.807) is 25.3 Å². The molecular formula is C14H12ClFO2. The van der Waals surface area contributed by atoms with Crippen molar-refractivity contribution in [2.45, 2.75) is 6.10 Å². The number of methoxy groups -OCH3 is 1. The first-order chi connectivity index (χ1) is 8.61. The monoisotopic (exact) mass is 266 g/mol. The van der Waals surface area contributed by atoms with E-state index in [1.165, 1.54) is 24.3 Å². The molecule has 18 heavy (non-hydrogen) atoms. The molecule has 0 saturated heterocycles. The molecule has 2 aromatic carbocycles. The summed E-state index contributed by atoms with van der Waals surface area (Å²) in [5, 5.41) is 10.6. The van der Waals surface area contributed by atoms with Crippen molar-refractivity contribution in [3.63, 3.8) is 0 Å². The molecule has 0 amide bonds. The third-order valence-electron chi connectivity index (χ3n) is 2.69. The van der Waals surface area contributed by atoms with E-state index < -0.39 is 6.10 Å². The van der Waals surface area contributed by atoms with E-state index in [0.29, 0.717) is 21.9 Å². The summed E-state index contributed by atoms with van der Waals surface area (Å²) in [4.78, 5) is 0. The molecule has 2 aromatic rings. The summed E-state index contributed by atoms with van der Waals surface area (Å²) in [6.07, 6.45) is -0.885. The molecule has 0 aliphatic carbocycles.